The third kappa shape index (κ3) is 2.88. The lowest BCUT2D eigenvalue weighted by atomic mass is 10.1. The van der Waals surface area contributed by atoms with Crippen molar-refractivity contribution >= 4 is 23.5 Å². The van der Waals surface area contributed by atoms with Gasteiger partial charge in [0.25, 0.3) is 0 Å². The topological polar surface area (TPSA) is 86.7 Å². The summed E-state index contributed by atoms with van der Waals surface area (Å²) in [5.74, 6) is -0.408. The first-order chi connectivity index (χ1) is 11.5. The first-order valence-electron chi connectivity index (χ1n) is 8.43. The van der Waals surface area contributed by atoms with Crippen LogP contribution in [-0.4, -0.2) is 40.9 Å². The molecule has 6 heteroatoms. The maximum Gasteiger partial charge on any atom is 0.307 e. The average Bonchev–Trinajstić information content (AvgIpc) is 3.46. The minimum absolute atomic E-state index is 0.0427. The fourth-order valence-electron chi connectivity index (χ4n) is 3.68. The summed E-state index contributed by atoms with van der Waals surface area (Å²) in [4.78, 5) is 36.8. The Morgan fingerprint density at radius 1 is 1.08 bits per heavy atom. The molecule has 2 amide bonds. The van der Waals surface area contributed by atoms with Crippen molar-refractivity contribution in [2.24, 2.45) is 23.7 Å². The fourth-order valence-corrected chi connectivity index (χ4v) is 3.68. The number of hydrogen-bond acceptors (Lipinski definition) is 3. The Balaban J connectivity index is 1.29. The van der Waals surface area contributed by atoms with Gasteiger partial charge in [-0.1, -0.05) is 12.1 Å². The summed E-state index contributed by atoms with van der Waals surface area (Å²) >= 11 is 0. The smallest absolute Gasteiger partial charge is 0.307 e. The summed E-state index contributed by atoms with van der Waals surface area (Å²) in [5.41, 5.74) is 1.66. The summed E-state index contributed by atoms with van der Waals surface area (Å²) in [5, 5.41) is 11.9. The molecule has 24 heavy (non-hydrogen) atoms. The van der Waals surface area contributed by atoms with Gasteiger partial charge in [-0.3, -0.25) is 14.4 Å². The molecular formula is C18H20N2O4. The molecule has 126 valence electrons. The minimum Gasteiger partial charge on any atom is -0.481 e. The number of carboxylic acids is 1. The molecular weight excluding hydrogens is 308 g/mol. The van der Waals surface area contributed by atoms with Gasteiger partial charge in [-0.25, -0.2) is 0 Å². The number of hydrogen-bond donors (Lipinski definition) is 2. The molecule has 0 aromatic heterocycles. The molecule has 2 aliphatic carbocycles. The third-order valence-corrected chi connectivity index (χ3v) is 5.36. The Morgan fingerprint density at radius 2 is 1.71 bits per heavy atom. The van der Waals surface area contributed by atoms with Crippen molar-refractivity contribution in [2.75, 3.05) is 18.4 Å². The van der Waals surface area contributed by atoms with Crippen molar-refractivity contribution in [3.63, 3.8) is 0 Å². The van der Waals surface area contributed by atoms with Gasteiger partial charge in [0.1, 0.15) is 0 Å². The van der Waals surface area contributed by atoms with Crippen molar-refractivity contribution in [2.45, 2.75) is 19.3 Å². The van der Waals surface area contributed by atoms with Crippen LogP contribution in [-0.2, 0) is 20.8 Å². The number of piperidine rings is 1. The maximum atomic E-state index is 12.3. The molecule has 1 aromatic carbocycles. The molecule has 2 N–H and O–H groups in total. The number of likely N-dealkylation sites (tertiary alicyclic amines) is 1. The van der Waals surface area contributed by atoms with E-state index in [-0.39, 0.29) is 35.5 Å². The van der Waals surface area contributed by atoms with Crippen LogP contribution in [0.5, 0.6) is 0 Å². The summed E-state index contributed by atoms with van der Waals surface area (Å²) in [6, 6.07) is 7.37. The quantitative estimate of drug-likeness (QED) is 0.854. The van der Waals surface area contributed by atoms with Gasteiger partial charge in [0.2, 0.25) is 11.8 Å². The van der Waals surface area contributed by atoms with Crippen LogP contribution in [0, 0.1) is 23.7 Å². The van der Waals surface area contributed by atoms with Gasteiger partial charge in [0.15, 0.2) is 0 Å². The van der Waals surface area contributed by atoms with Crippen LogP contribution in [0.2, 0.25) is 0 Å². The molecule has 0 radical (unpaired) electrons. The molecule has 4 rings (SSSR count). The Bertz CT molecular complexity index is 683. The van der Waals surface area contributed by atoms with Crippen molar-refractivity contribution in [3.05, 3.63) is 29.8 Å². The second-order valence-electron chi connectivity index (χ2n) is 7.13. The monoisotopic (exact) mass is 328 g/mol. The minimum atomic E-state index is -0.735. The molecule has 2 saturated carbocycles. The van der Waals surface area contributed by atoms with Crippen LogP contribution in [0.1, 0.15) is 18.4 Å². The van der Waals surface area contributed by atoms with E-state index < -0.39 is 5.97 Å². The molecule has 1 aliphatic heterocycles. The van der Waals surface area contributed by atoms with Crippen LogP contribution in [0.25, 0.3) is 0 Å². The van der Waals surface area contributed by atoms with Gasteiger partial charge < -0.3 is 15.3 Å². The molecule has 3 aliphatic rings. The number of fused-ring (bicyclic) bond motifs is 1. The summed E-state index contributed by atoms with van der Waals surface area (Å²) in [7, 11) is 0. The highest BCUT2D eigenvalue weighted by atomic mass is 16.4. The van der Waals surface area contributed by atoms with E-state index in [9.17, 15) is 14.4 Å². The highest BCUT2D eigenvalue weighted by Gasteiger charge is 2.60. The second kappa shape index (κ2) is 5.61. The number of nitrogens with zero attached hydrogens (tertiary/aromatic N) is 1. The summed E-state index contributed by atoms with van der Waals surface area (Å²) < 4.78 is 0. The lowest BCUT2D eigenvalue weighted by Gasteiger charge is -2.19. The number of amides is 2. The molecule has 1 heterocycles. The molecule has 3 fully saturated rings. The number of rotatable bonds is 5. The molecule has 1 saturated heterocycles. The Kier molecular flexibility index (Phi) is 3.55. The van der Waals surface area contributed by atoms with Gasteiger partial charge in [-0.15, -0.1) is 0 Å². The maximum absolute atomic E-state index is 12.3. The highest BCUT2D eigenvalue weighted by Crippen LogP contribution is 2.51. The number of carbonyl (C=O) groups excluding carboxylic acids is 2. The van der Waals surface area contributed by atoms with Crippen molar-refractivity contribution in [1.29, 1.82) is 0 Å². The van der Waals surface area contributed by atoms with Crippen molar-refractivity contribution in [1.82, 2.24) is 4.90 Å². The van der Waals surface area contributed by atoms with E-state index >= 15 is 0 Å². The van der Waals surface area contributed by atoms with E-state index in [0.29, 0.717) is 19.5 Å². The zero-order valence-corrected chi connectivity index (χ0v) is 13.3. The number of benzene rings is 1. The van der Waals surface area contributed by atoms with Crippen LogP contribution in [0.4, 0.5) is 5.69 Å². The number of carboxylic acid groups (broad SMARTS) is 1. The van der Waals surface area contributed by atoms with Crippen molar-refractivity contribution < 1.29 is 19.5 Å². The third-order valence-electron chi connectivity index (χ3n) is 5.36. The Labute approximate surface area is 139 Å². The van der Waals surface area contributed by atoms with Gasteiger partial charge in [-0.2, -0.15) is 0 Å². The molecule has 1 unspecified atom stereocenters. The predicted octanol–water partition coefficient (Wildman–Crippen LogP) is 1.37. The molecule has 0 spiro atoms. The number of anilines is 1. The van der Waals surface area contributed by atoms with Crippen LogP contribution in [0.3, 0.4) is 0 Å². The summed E-state index contributed by atoms with van der Waals surface area (Å²) in [6.07, 6.45) is 2.26. The van der Waals surface area contributed by atoms with Crippen LogP contribution >= 0.6 is 0 Å². The Hall–Kier alpha value is -2.37. The second-order valence-corrected chi connectivity index (χ2v) is 7.13. The normalized spacial score (nSPS) is 27.5. The Morgan fingerprint density at radius 3 is 2.25 bits per heavy atom. The lowest BCUT2D eigenvalue weighted by molar-refractivity contribution is -0.140. The van der Waals surface area contributed by atoms with E-state index in [1.165, 1.54) is 0 Å². The zero-order valence-electron chi connectivity index (χ0n) is 13.3. The molecule has 6 nitrogen and oxygen atoms in total. The van der Waals surface area contributed by atoms with E-state index in [1.54, 1.807) is 4.90 Å². The SMILES string of the molecule is O=C(Nc1ccc(CC(=O)N2C[C@@H]3C(C(=O)O)[C@@H]3C2)cc1)C1CC1. The zero-order chi connectivity index (χ0) is 16.8. The molecule has 0 bridgehead atoms. The molecule has 3 atom stereocenters. The predicted molar refractivity (Wildman–Crippen MR) is 86.2 cm³/mol. The van der Waals surface area contributed by atoms with E-state index in [2.05, 4.69) is 5.32 Å². The van der Waals surface area contributed by atoms with Gasteiger partial charge in [0, 0.05) is 24.7 Å². The fraction of sp³-hybridized carbons (Fsp3) is 0.500. The lowest BCUT2D eigenvalue weighted by Crippen LogP contribution is -2.33. The summed E-state index contributed by atoms with van der Waals surface area (Å²) in [6.45, 7) is 1.13. The largest absolute Gasteiger partial charge is 0.481 e. The van der Waals surface area contributed by atoms with E-state index in [4.69, 9.17) is 5.11 Å². The number of aliphatic carboxylic acids is 1. The van der Waals surface area contributed by atoms with Crippen LogP contribution in [0.15, 0.2) is 24.3 Å². The van der Waals surface area contributed by atoms with Gasteiger partial charge >= 0.3 is 5.97 Å². The highest BCUT2D eigenvalue weighted by molar-refractivity contribution is 5.94. The average molecular weight is 328 g/mol. The molecule has 1 aromatic rings. The number of carbonyl (C=O) groups is 3. The number of nitrogens with one attached hydrogen (secondary N) is 1. The van der Waals surface area contributed by atoms with Crippen molar-refractivity contribution in [3.8, 4) is 0 Å². The first-order valence-corrected chi connectivity index (χ1v) is 8.43. The van der Waals surface area contributed by atoms with Crippen LogP contribution < -0.4 is 5.32 Å². The van der Waals surface area contributed by atoms with E-state index in [0.717, 1.165) is 24.1 Å². The van der Waals surface area contributed by atoms with Gasteiger partial charge in [0.05, 0.1) is 12.3 Å². The first kappa shape index (κ1) is 15.2. The van der Waals surface area contributed by atoms with Gasteiger partial charge in [-0.05, 0) is 42.4 Å². The standard InChI is InChI=1S/C18H20N2O4/c21-15(20-8-13-14(9-20)16(13)18(23)24)7-10-1-5-12(6-2-10)19-17(22)11-3-4-11/h1-2,5-6,11,13-14,16H,3-4,7-9H2,(H,19,22)(H,23,24)/t13-,14+,16?. The van der Waals surface area contributed by atoms with E-state index in [1.807, 2.05) is 24.3 Å².